The van der Waals surface area contributed by atoms with E-state index in [1.807, 2.05) is 6.92 Å². The molecule has 3 aromatic carbocycles. The van der Waals surface area contributed by atoms with Crippen LogP contribution in [0.3, 0.4) is 0 Å². The van der Waals surface area contributed by atoms with Gasteiger partial charge in [-0.25, -0.2) is 12.8 Å². The SMILES string of the molecule is Cc1ccc(NS(=O)(=O)c2cc(C(=O)Nc3cccc(F)c3)ccc2C)cc1. The predicted octanol–water partition coefficient (Wildman–Crippen LogP) is 4.50. The normalized spacial score (nSPS) is 11.1. The summed E-state index contributed by atoms with van der Waals surface area (Å²) in [5, 5.41) is 2.56. The fourth-order valence-corrected chi connectivity index (χ4v) is 3.96. The topological polar surface area (TPSA) is 75.3 Å². The monoisotopic (exact) mass is 398 g/mol. The lowest BCUT2D eigenvalue weighted by molar-refractivity contribution is 0.102. The number of rotatable bonds is 5. The van der Waals surface area contributed by atoms with Crippen LogP contribution in [0.5, 0.6) is 0 Å². The molecule has 2 N–H and O–H groups in total. The van der Waals surface area contributed by atoms with Crippen molar-refractivity contribution in [3.05, 3.63) is 89.2 Å². The number of amides is 1. The van der Waals surface area contributed by atoms with Gasteiger partial charge in [-0.3, -0.25) is 9.52 Å². The number of hydrogen-bond donors (Lipinski definition) is 2. The second-order valence-electron chi connectivity index (χ2n) is 6.42. The Bertz CT molecular complexity index is 1130. The van der Waals surface area contributed by atoms with Crippen LogP contribution in [-0.2, 0) is 10.0 Å². The van der Waals surface area contributed by atoms with Gasteiger partial charge < -0.3 is 5.32 Å². The van der Waals surface area contributed by atoms with E-state index >= 15 is 0 Å². The Labute approximate surface area is 163 Å². The van der Waals surface area contributed by atoms with Crippen LogP contribution in [-0.4, -0.2) is 14.3 Å². The van der Waals surface area contributed by atoms with Gasteiger partial charge in [-0.05, 0) is 61.9 Å². The van der Waals surface area contributed by atoms with Gasteiger partial charge in [0.25, 0.3) is 15.9 Å². The Morgan fingerprint density at radius 3 is 2.29 bits per heavy atom. The molecule has 3 aromatic rings. The van der Waals surface area contributed by atoms with E-state index in [0.717, 1.165) is 5.56 Å². The van der Waals surface area contributed by atoms with E-state index in [1.165, 1.54) is 30.3 Å². The Morgan fingerprint density at radius 1 is 0.893 bits per heavy atom. The number of carbonyl (C=O) groups is 1. The molecule has 0 saturated heterocycles. The Hall–Kier alpha value is -3.19. The van der Waals surface area contributed by atoms with Crippen LogP contribution >= 0.6 is 0 Å². The van der Waals surface area contributed by atoms with Crippen molar-refractivity contribution in [2.24, 2.45) is 0 Å². The van der Waals surface area contributed by atoms with E-state index in [-0.39, 0.29) is 16.1 Å². The molecule has 0 heterocycles. The molecule has 0 fully saturated rings. The van der Waals surface area contributed by atoms with Crippen molar-refractivity contribution in [1.82, 2.24) is 0 Å². The van der Waals surface area contributed by atoms with Crippen LogP contribution in [0.15, 0.2) is 71.6 Å². The van der Waals surface area contributed by atoms with E-state index < -0.39 is 21.7 Å². The lowest BCUT2D eigenvalue weighted by atomic mass is 10.1. The minimum absolute atomic E-state index is 0.0000303. The molecule has 0 spiro atoms. The second kappa shape index (κ2) is 7.82. The molecule has 0 saturated carbocycles. The molecule has 144 valence electrons. The van der Waals surface area contributed by atoms with Gasteiger partial charge in [-0.2, -0.15) is 0 Å². The van der Waals surface area contributed by atoms with Crippen molar-refractivity contribution >= 4 is 27.3 Å². The number of hydrogen-bond acceptors (Lipinski definition) is 3. The second-order valence-corrected chi connectivity index (χ2v) is 8.07. The summed E-state index contributed by atoms with van der Waals surface area (Å²) in [6.07, 6.45) is 0. The van der Waals surface area contributed by atoms with E-state index in [9.17, 15) is 17.6 Å². The van der Waals surface area contributed by atoms with Gasteiger partial charge in [0.1, 0.15) is 5.82 Å². The molecule has 3 rings (SSSR count). The maximum absolute atomic E-state index is 13.3. The number of benzene rings is 3. The first kappa shape index (κ1) is 19.6. The fourth-order valence-electron chi connectivity index (χ4n) is 2.63. The van der Waals surface area contributed by atoms with Crippen LogP contribution < -0.4 is 10.0 Å². The van der Waals surface area contributed by atoms with Crippen molar-refractivity contribution in [2.75, 3.05) is 10.0 Å². The van der Waals surface area contributed by atoms with Crippen molar-refractivity contribution in [3.63, 3.8) is 0 Å². The van der Waals surface area contributed by atoms with Gasteiger partial charge in [0.15, 0.2) is 0 Å². The maximum atomic E-state index is 13.3. The first-order valence-corrected chi connectivity index (χ1v) is 10.00. The molecule has 0 aliphatic rings. The highest BCUT2D eigenvalue weighted by molar-refractivity contribution is 7.92. The molecule has 0 aliphatic heterocycles. The lowest BCUT2D eigenvalue weighted by Crippen LogP contribution is -2.17. The van der Waals surface area contributed by atoms with Gasteiger partial charge in [-0.15, -0.1) is 0 Å². The molecule has 0 radical (unpaired) electrons. The highest BCUT2D eigenvalue weighted by atomic mass is 32.2. The van der Waals surface area contributed by atoms with Crippen LogP contribution in [0.4, 0.5) is 15.8 Å². The van der Waals surface area contributed by atoms with E-state index in [0.29, 0.717) is 11.3 Å². The smallest absolute Gasteiger partial charge is 0.262 e. The summed E-state index contributed by atoms with van der Waals surface area (Å²) >= 11 is 0. The molecule has 0 unspecified atom stereocenters. The molecular formula is C21H19FN2O3S. The van der Waals surface area contributed by atoms with Gasteiger partial charge in [0, 0.05) is 16.9 Å². The average Bonchev–Trinajstić information content (AvgIpc) is 2.63. The minimum atomic E-state index is -3.88. The minimum Gasteiger partial charge on any atom is -0.322 e. The maximum Gasteiger partial charge on any atom is 0.262 e. The van der Waals surface area contributed by atoms with E-state index in [4.69, 9.17) is 0 Å². The third-order valence-electron chi connectivity index (χ3n) is 4.13. The van der Waals surface area contributed by atoms with Crippen molar-refractivity contribution in [1.29, 1.82) is 0 Å². The summed E-state index contributed by atoms with van der Waals surface area (Å²) in [4.78, 5) is 12.5. The third-order valence-corrected chi connectivity index (χ3v) is 5.65. The van der Waals surface area contributed by atoms with Crippen LogP contribution in [0.2, 0.25) is 0 Å². The standard InChI is InChI=1S/C21H19FN2O3S/c1-14-6-10-18(11-7-14)24-28(26,27)20-12-16(9-8-15(20)2)21(25)23-19-5-3-4-17(22)13-19/h3-13,24H,1-2H3,(H,23,25). The highest BCUT2D eigenvalue weighted by Gasteiger charge is 2.19. The van der Waals surface area contributed by atoms with Crippen LogP contribution in [0, 0.1) is 19.7 Å². The van der Waals surface area contributed by atoms with Gasteiger partial charge in [0.2, 0.25) is 0 Å². The first-order chi connectivity index (χ1) is 13.2. The van der Waals surface area contributed by atoms with Crippen LogP contribution in [0.1, 0.15) is 21.5 Å². The molecule has 28 heavy (non-hydrogen) atoms. The van der Waals surface area contributed by atoms with Crippen molar-refractivity contribution in [3.8, 4) is 0 Å². The Kier molecular flexibility index (Phi) is 5.46. The predicted molar refractivity (Wildman–Crippen MR) is 108 cm³/mol. The zero-order chi connectivity index (χ0) is 20.3. The number of halogens is 1. The zero-order valence-electron chi connectivity index (χ0n) is 15.4. The molecule has 0 atom stereocenters. The molecule has 0 bridgehead atoms. The van der Waals surface area contributed by atoms with Crippen molar-refractivity contribution < 1.29 is 17.6 Å². The first-order valence-electron chi connectivity index (χ1n) is 8.52. The van der Waals surface area contributed by atoms with Gasteiger partial charge in [0.05, 0.1) is 4.90 Å². The molecule has 0 aromatic heterocycles. The fraction of sp³-hybridized carbons (Fsp3) is 0.0952. The third kappa shape index (κ3) is 4.55. The van der Waals surface area contributed by atoms with Crippen LogP contribution in [0.25, 0.3) is 0 Å². The molecule has 0 aliphatic carbocycles. The van der Waals surface area contributed by atoms with E-state index in [1.54, 1.807) is 43.3 Å². The summed E-state index contributed by atoms with van der Waals surface area (Å²) in [6, 6.07) is 16.8. The van der Waals surface area contributed by atoms with Crippen molar-refractivity contribution in [2.45, 2.75) is 18.7 Å². The number of sulfonamides is 1. The summed E-state index contributed by atoms with van der Waals surface area (Å²) in [5.74, 6) is -1.01. The molecular weight excluding hydrogens is 379 g/mol. The summed E-state index contributed by atoms with van der Waals surface area (Å²) in [5.41, 5.74) is 2.38. The average molecular weight is 398 g/mol. The number of aryl methyl sites for hydroxylation is 2. The Morgan fingerprint density at radius 2 is 1.61 bits per heavy atom. The van der Waals surface area contributed by atoms with E-state index in [2.05, 4.69) is 10.0 Å². The molecule has 1 amide bonds. The summed E-state index contributed by atoms with van der Waals surface area (Å²) in [6.45, 7) is 3.56. The number of anilines is 2. The summed E-state index contributed by atoms with van der Waals surface area (Å²) < 4.78 is 41.4. The molecule has 7 heteroatoms. The zero-order valence-corrected chi connectivity index (χ0v) is 16.2. The number of nitrogens with one attached hydrogen (secondary N) is 2. The largest absolute Gasteiger partial charge is 0.322 e. The number of carbonyl (C=O) groups excluding carboxylic acids is 1. The highest BCUT2D eigenvalue weighted by Crippen LogP contribution is 2.22. The van der Waals surface area contributed by atoms with Gasteiger partial charge in [-0.1, -0.05) is 29.8 Å². The van der Waals surface area contributed by atoms with Gasteiger partial charge >= 0.3 is 0 Å². The molecule has 5 nitrogen and oxygen atoms in total. The summed E-state index contributed by atoms with van der Waals surface area (Å²) in [7, 11) is -3.88. The Balaban J connectivity index is 1.87. The quantitative estimate of drug-likeness (QED) is 0.665. The lowest BCUT2D eigenvalue weighted by Gasteiger charge is -2.12.